The quantitative estimate of drug-likeness (QED) is 0.885. The maximum atomic E-state index is 12.4. The Balaban J connectivity index is 1.71. The van der Waals surface area contributed by atoms with Crippen molar-refractivity contribution in [1.29, 1.82) is 0 Å². The largest absolute Gasteiger partial charge is 0.268 e. The summed E-state index contributed by atoms with van der Waals surface area (Å²) >= 11 is 0. The van der Waals surface area contributed by atoms with Crippen LogP contribution in [0.2, 0.25) is 0 Å². The van der Waals surface area contributed by atoms with Crippen molar-refractivity contribution >= 4 is 10.0 Å². The predicted octanol–water partition coefficient (Wildman–Crippen LogP) is 1.33. The molecule has 7 heteroatoms. The summed E-state index contributed by atoms with van der Waals surface area (Å²) in [5, 5.41) is 4.34. The highest BCUT2D eigenvalue weighted by Gasteiger charge is 2.17. The van der Waals surface area contributed by atoms with Crippen molar-refractivity contribution in [1.82, 2.24) is 14.5 Å². The van der Waals surface area contributed by atoms with Crippen molar-refractivity contribution in [2.75, 3.05) is 6.54 Å². The van der Waals surface area contributed by atoms with Gasteiger partial charge in [-0.05, 0) is 50.3 Å². The van der Waals surface area contributed by atoms with Crippen molar-refractivity contribution in [3.05, 3.63) is 57.0 Å². The Hall–Kier alpha value is -1.99. The molecule has 1 aromatic carbocycles. The molecular formula is C17H21N3O3S. The highest BCUT2D eigenvalue weighted by Crippen LogP contribution is 2.17. The molecule has 0 spiro atoms. The van der Waals surface area contributed by atoms with Crippen LogP contribution in [0, 0.1) is 13.8 Å². The molecule has 0 saturated heterocycles. The number of aromatic nitrogens is 2. The van der Waals surface area contributed by atoms with Gasteiger partial charge >= 0.3 is 0 Å². The third-order valence-corrected chi connectivity index (χ3v) is 5.88. The maximum absolute atomic E-state index is 12.4. The van der Waals surface area contributed by atoms with Gasteiger partial charge in [0.05, 0.1) is 17.1 Å². The van der Waals surface area contributed by atoms with E-state index in [0.717, 1.165) is 36.1 Å². The molecule has 0 amide bonds. The molecule has 24 heavy (non-hydrogen) atoms. The van der Waals surface area contributed by atoms with Crippen LogP contribution in [0.4, 0.5) is 0 Å². The maximum Gasteiger partial charge on any atom is 0.267 e. The first-order valence-electron chi connectivity index (χ1n) is 8.04. The average Bonchev–Trinajstić information content (AvgIpc) is 2.93. The molecular weight excluding hydrogens is 326 g/mol. The lowest BCUT2D eigenvalue weighted by Crippen LogP contribution is -2.32. The van der Waals surface area contributed by atoms with Crippen LogP contribution in [-0.2, 0) is 29.4 Å². The fourth-order valence-electron chi connectivity index (χ4n) is 3.06. The SMILES string of the molecule is Cc1ccc(S(=O)(=O)NCCn2nc3c(cc2=O)CCC3)c(C)c1. The minimum absolute atomic E-state index is 0.126. The highest BCUT2D eigenvalue weighted by atomic mass is 32.2. The average molecular weight is 347 g/mol. The van der Waals surface area contributed by atoms with E-state index in [4.69, 9.17) is 0 Å². The Labute approximate surface area is 141 Å². The van der Waals surface area contributed by atoms with Crippen LogP contribution < -0.4 is 10.3 Å². The summed E-state index contributed by atoms with van der Waals surface area (Å²) in [4.78, 5) is 12.3. The Morgan fingerprint density at radius 2 is 2.00 bits per heavy atom. The smallest absolute Gasteiger partial charge is 0.267 e. The minimum Gasteiger partial charge on any atom is -0.268 e. The zero-order chi connectivity index (χ0) is 17.3. The van der Waals surface area contributed by atoms with Gasteiger partial charge in [0.2, 0.25) is 10.0 Å². The van der Waals surface area contributed by atoms with E-state index in [0.29, 0.717) is 5.56 Å². The second-order valence-electron chi connectivity index (χ2n) is 6.20. The fraction of sp³-hybridized carbons (Fsp3) is 0.412. The Kier molecular flexibility index (Phi) is 4.56. The van der Waals surface area contributed by atoms with Crippen LogP contribution >= 0.6 is 0 Å². The number of fused-ring (bicyclic) bond motifs is 1. The molecule has 6 nitrogen and oxygen atoms in total. The van der Waals surface area contributed by atoms with Gasteiger partial charge in [-0.25, -0.2) is 17.8 Å². The van der Waals surface area contributed by atoms with Gasteiger partial charge in [-0.3, -0.25) is 4.79 Å². The number of nitrogens with one attached hydrogen (secondary N) is 1. The van der Waals surface area contributed by atoms with E-state index >= 15 is 0 Å². The summed E-state index contributed by atoms with van der Waals surface area (Å²) in [5.74, 6) is 0. The van der Waals surface area contributed by atoms with E-state index in [9.17, 15) is 13.2 Å². The molecule has 2 aromatic rings. The molecule has 1 aliphatic carbocycles. The normalized spacial score (nSPS) is 13.9. The van der Waals surface area contributed by atoms with Gasteiger partial charge in [-0.2, -0.15) is 5.10 Å². The molecule has 128 valence electrons. The lowest BCUT2D eigenvalue weighted by atomic mass is 10.2. The van der Waals surface area contributed by atoms with Crippen molar-refractivity contribution in [3.8, 4) is 0 Å². The number of sulfonamides is 1. The molecule has 0 fully saturated rings. The monoisotopic (exact) mass is 347 g/mol. The summed E-state index contributed by atoms with van der Waals surface area (Å²) in [6.45, 7) is 4.04. The zero-order valence-corrected chi connectivity index (χ0v) is 14.7. The summed E-state index contributed by atoms with van der Waals surface area (Å²) in [6, 6.07) is 6.83. The lowest BCUT2D eigenvalue weighted by molar-refractivity contribution is 0.541. The van der Waals surface area contributed by atoms with Gasteiger partial charge in [-0.1, -0.05) is 17.7 Å². The number of aryl methyl sites for hydroxylation is 4. The van der Waals surface area contributed by atoms with Gasteiger partial charge in [0, 0.05) is 12.6 Å². The van der Waals surface area contributed by atoms with Crippen molar-refractivity contribution in [2.24, 2.45) is 0 Å². The van der Waals surface area contributed by atoms with Crippen LogP contribution in [0.1, 0.15) is 28.8 Å². The highest BCUT2D eigenvalue weighted by molar-refractivity contribution is 7.89. The molecule has 0 aliphatic heterocycles. The zero-order valence-electron chi connectivity index (χ0n) is 13.9. The Morgan fingerprint density at radius 1 is 1.21 bits per heavy atom. The fourth-order valence-corrected chi connectivity index (χ4v) is 4.31. The van der Waals surface area contributed by atoms with Crippen LogP contribution in [0.25, 0.3) is 0 Å². The number of rotatable bonds is 5. The molecule has 0 unspecified atom stereocenters. The van der Waals surface area contributed by atoms with Gasteiger partial charge < -0.3 is 0 Å². The summed E-state index contributed by atoms with van der Waals surface area (Å²) in [7, 11) is -3.60. The first kappa shape index (κ1) is 16.9. The number of hydrogen-bond donors (Lipinski definition) is 1. The Morgan fingerprint density at radius 3 is 2.75 bits per heavy atom. The van der Waals surface area contributed by atoms with Crippen molar-refractivity contribution in [2.45, 2.75) is 44.6 Å². The number of hydrogen-bond acceptors (Lipinski definition) is 4. The number of benzene rings is 1. The second kappa shape index (κ2) is 6.49. The van der Waals surface area contributed by atoms with Gasteiger partial charge in [0.15, 0.2) is 0 Å². The molecule has 1 N–H and O–H groups in total. The van der Waals surface area contributed by atoms with Crippen molar-refractivity contribution < 1.29 is 8.42 Å². The molecule has 1 aromatic heterocycles. The first-order valence-corrected chi connectivity index (χ1v) is 9.52. The third-order valence-electron chi connectivity index (χ3n) is 4.26. The molecule has 1 aliphatic rings. The molecule has 0 saturated carbocycles. The molecule has 1 heterocycles. The third kappa shape index (κ3) is 3.42. The first-order chi connectivity index (χ1) is 11.4. The summed E-state index contributed by atoms with van der Waals surface area (Å²) in [5.41, 5.74) is 3.51. The van der Waals surface area contributed by atoms with Gasteiger partial charge in [0.25, 0.3) is 5.56 Å². The molecule has 0 radical (unpaired) electrons. The van der Waals surface area contributed by atoms with E-state index in [1.165, 1.54) is 4.68 Å². The van der Waals surface area contributed by atoms with E-state index < -0.39 is 10.0 Å². The standard InChI is InChI=1S/C17H21N3O3S/c1-12-6-7-16(13(2)10-12)24(22,23)18-8-9-20-17(21)11-14-4-3-5-15(14)19-20/h6-7,10-11,18H,3-5,8-9H2,1-2H3. The van der Waals surface area contributed by atoms with Gasteiger partial charge in [-0.15, -0.1) is 0 Å². The van der Waals surface area contributed by atoms with E-state index in [1.807, 2.05) is 13.0 Å². The topological polar surface area (TPSA) is 81.1 Å². The van der Waals surface area contributed by atoms with E-state index in [1.54, 1.807) is 25.1 Å². The summed E-state index contributed by atoms with van der Waals surface area (Å²) < 4.78 is 28.7. The summed E-state index contributed by atoms with van der Waals surface area (Å²) in [6.07, 6.45) is 2.80. The molecule has 0 atom stereocenters. The van der Waals surface area contributed by atoms with E-state index in [2.05, 4.69) is 9.82 Å². The lowest BCUT2D eigenvalue weighted by Gasteiger charge is -2.11. The van der Waals surface area contributed by atoms with Crippen LogP contribution in [0.5, 0.6) is 0 Å². The van der Waals surface area contributed by atoms with E-state index in [-0.39, 0.29) is 23.5 Å². The van der Waals surface area contributed by atoms with Crippen LogP contribution in [0.15, 0.2) is 34.0 Å². The Bertz CT molecular complexity index is 933. The second-order valence-corrected chi connectivity index (χ2v) is 7.93. The number of nitrogens with zero attached hydrogens (tertiary/aromatic N) is 2. The molecule has 0 bridgehead atoms. The predicted molar refractivity (Wildman–Crippen MR) is 91.6 cm³/mol. The van der Waals surface area contributed by atoms with Crippen molar-refractivity contribution in [3.63, 3.8) is 0 Å². The van der Waals surface area contributed by atoms with Gasteiger partial charge in [0.1, 0.15) is 0 Å². The van der Waals surface area contributed by atoms with Crippen LogP contribution in [-0.4, -0.2) is 24.7 Å². The van der Waals surface area contributed by atoms with Crippen LogP contribution in [0.3, 0.4) is 0 Å². The molecule has 3 rings (SSSR count). The minimum atomic E-state index is -3.60.